The van der Waals surface area contributed by atoms with E-state index in [0.29, 0.717) is 6.42 Å². The smallest absolute Gasteiger partial charge is 0.227 e. The van der Waals surface area contributed by atoms with Crippen molar-refractivity contribution in [3.05, 3.63) is 64.6 Å². The summed E-state index contributed by atoms with van der Waals surface area (Å²) in [7, 11) is 1.69. The van der Waals surface area contributed by atoms with Crippen LogP contribution in [0.2, 0.25) is 0 Å². The SMILES string of the molecule is COc1ccc2c(c1)NC1(CCN(C(=O)Cc3cccs3)CC1)c1cccn1-2. The Morgan fingerprint density at radius 3 is 2.82 bits per heavy atom. The normalized spacial score (nSPS) is 17.0. The molecule has 144 valence electrons. The number of hydrogen-bond donors (Lipinski definition) is 1. The highest BCUT2D eigenvalue weighted by Crippen LogP contribution is 2.44. The first kappa shape index (κ1) is 17.4. The van der Waals surface area contributed by atoms with Crippen LogP contribution >= 0.6 is 11.3 Å². The number of fused-ring (bicyclic) bond motifs is 4. The number of methoxy groups -OCH3 is 1. The lowest BCUT2D eigenvalue weighted by atomic mass is 9.82. The number of thiophene rings is 1. The lowest BCUT2D eigenvalue weighted by molar-refractivity contribution is -0.131. The molecule has 3 aromatic rings. The Morgan fingerprint density at radius 1 is 1.21 bits per heavy atom. The average molecular weight is 394 g/mol. The highest BCUT2D eigenvalue weighted by Gasteiger charge is 2.42. The summed E-state index contributed by atoms with van der Waals surface area (Å²) in [6, 6.07) is 14.5. The number of benzene rings is 1. The van der Waals surface area contributed by atoms with Crippen LogP contribution in [0, 0.1) is 0 Å². The van der Waals surface area contributed by atoms with Gasteiger partial charge < -0.3 is 19.5 Å². The highest BCUT2D eigenvalue weighted by atomic mass is 32.1. The van der Waals surface area contributed by atoms with E-state index in [1.165, 1.54) is 5.69 Å². The van der Waals surface area contributed by atoms with Gasteiger partial charge in [0.15, 0.2) is 0 Å². The molecule has 0 unspecified atom stereocenters. The van der Waals surface area contributed by atoms with Crippen molar-refractivity contribution >= 4 is 22.9 Å². The van der Waals surface area contributed by atoms with E-state index < -0.39 is 0 Å². The van der Waals surface area contributed by atoms with Gasteiger partial charge in [-0.15, -0.1) is 11.3 Å². The van der Waals surface area contributed by atoms with Crippen LogP contribution in [0.4, 0.5) is 5.69 Å². The molecule has 0 saturated carbocycles. The number of anilines is 1. The number of hydrogen-bond acceptors (Lipinski definition) is 4. The van der Waals surface area contributed by atoms with Crippen LogP contribution in [-0.4, -0.2) is 35.6 Å². The molecule has 0 bridgehead atoms. The average Bonchev–Trinajstić information content (AvgIpc) is 3.40. The van der Waals surface area contributed by atoms with Crippen molar-refractivity contribution in [3.8, 4) is 11.4 Å². The van der Waals surface area contributed by atoms with Crippen molar-refractivity contribution in [1.82, 2.24) is 9.47 Å². The third-order valence-electron chi connectivity index (χ3n) is 5.95. The van der Waals surface area contributed by atoms with Crippen LogP contribution in [-0.2, 0) is 16.8 Å². The maximum absolute atomic E-state index is 12.7. The number of piperidine rings is 1. The van der Waals surface area contributed by atoms with Gasteiger partial charge in [-0.3, -0.25) is 4.79 Å². The van der Waals surface area contributed by atoms with Crippen molar-refractivity contribution < 1.29 is 9.53 Å². The van der Waals surface area contributed by atoms with Crippen LogP contribution in [0.3, 0.4) is 0 Å². The van der Waals surface area contributed by atoms with Crippen molar-refractivity contribution in [2.75, 3.05) is 25.5 Å². The molecule has 6 heteroatoms. The first-order valence-corrected chi connectivity index (χ1v) is 10.5. The zero-order valence-corrected chi connectivity index (χ0v) is 16.7. The number of amides is 1. The van der Waals surface area contributed by atoms with Crippen LogP contribution in [0.5, 0.6) is 5.75 Å². The molecule has 0 radical (unpaired) electrons. The molecule has 2 aliphatic heterocycles. The maximum atomic E-state index is 12.7. The fourth-order valence-electron chi connectivity index (χ4n) is 4.45. The van der Waals surface area contributed by atoms with Crippen molar-refractivity contribution in [3.63, 3.8) is 0 Å². The Bertz CT molecular complexity index is 1000. The molecular formula is C22H23N3O2S. The predicted octanol–water partition coefficient (Wildman–Crippen LogP) is 4.03. The van der Waals surface area contributed by atoms with E-state index in [1.807, 2.05) is 28.5 Å². The summed E-state index contributed by atoms with van der Waals surface area (Å²) in [4.78, 5) is 15.9. The largest absolute Gasteiger partial charge is 0.497 e. The van der Waals surface area contributed by atoms with Crippen molar-refractivity contribution in [1.29, 1.82) is 0 Å². The third kappa shape index (κ3) is 2.79. The summed E-state index contributed by atoms with van der Waals surface area (Å²) in [5, 5.41) is 5.83. The van der Waals surface area contributed by atoms with Crippen LogP contribution in [0.15, 0.2) is 54.0 Å². The van der Waals surface area contributed by atoms with Gasteiger partial charge in [-0.05, 0) is 48.6 Å². The number of ether oxygens (including phenoxy) is 1. The molecule has 1 N–H and O–H groups in total. The second-order valence-corrected chi connectivity index (χ2v) is 8.52. The van der Waals surface area contributed by atoms with Gasteiger partial charge in [0, 0.05) is 35.9 Å². The molecule has 1 aromatic carbocycles. The van der Waals surface area contributed by atoms with Gasteiger partial charge in [-0.2, -0.15) is 0 Å². The minimum absolute atomic E-state index is 0.150. The maximum Gasteiger partial charge on any atom is 0.227 e. The molecule has 5 rings (SSSR count). The summed E-state index contributed by atoms with van der Waals surface area (Å²) >= 11 is 1.65. The second kappa shape index (κ2) is 6.71. The molecule has 0 aliphatic carbocycles. The minimum atomic E-state index is -0.150. The van der Waals surface area contributed by atoms with Gasteiger partial charge in [-0.25, -0.2) is 0 Å². The molecule has 5 nitrogen and oxygen atoms in total. The second-order valence-electron chi connectivity index (χ2n) is 7.49. The standard InChI is InChI=1S/C22H23N3O2S/c1-27-16-6-7-19-18(14-16)23-22(20-5-2-10-25(19)20)8-11-24(12-9-22)21(26)15-17-4-3-13-28-17/h2-7,10,13-14,23H,8-9,11-12,15H2,1H3. The van der Waals surface area contributed by atoms with Gasteiger partial charge in [-0.1, -0.05) is 6.07 Å². The fraction of sp³-hybridized carbons (Fsp3) is 0.318. The Hall–Kier alpha value is -2.73. The Labute approximate surface area is 168 Å². The van der Waals surface area contributed by atoms with Crippen molar-refractivity contribution in [2.24, 2.45) is 0 Å². The highest BCUT2D eigenvalue weighted by molar-refractivity contribution is 7.10. The van der Waals surface area contributed by atoms with Crippen LogP contribution in [0.1, 0.15) is 23.4 Å². The molecular weight excluding hydrogens is 370 g/mol. The van der Waals surface area contributed by atoms with E-state index in [9.17, 15) is 4.79 Å². The van der Waals surface area contributed by atoms with E-state index >= 15 is 0 Å². The molecule has 28 heavy (non-hydrogen) atoms. The number of aromatic nitrogens is 1. The molecule has 2 aromatic heterocycles. The zero-order chi connectivity index (χ0) is 19.1. The third-order valence-corrected chi connectivity index (χ3v) is 6.83. The number of likely N-dealkylation sites (tertiary alicyclic amines) is 1. The fourth-order valence-corrected chi connectivity index (χ4v) is 5.14. The number of nitrogens with one attached hydrogen (secondary N) is 1. The lowest BCUT2D eigenvalue weighted by Gasteiger charge is -2.46. The Balaban J connectivity index is 1.39. The summed E-state index contributed by atoms with van der Waals surface area (Å²) in [6.07, 6.45) is 4.42. The number of carbonyl (C=O) groups excluding carboxylic acids is 1. The number of rotatable bonds is 3. The van der Waals surface area contributed by atoms with Gasteiger partial charge in [0.1, 0.15) is 5.75 Å². The lowest BCUT2D eigenvalue weighted by Crippen LogP contribution is -2.51. The Kier molecular flexibility index (Phi) is 4.16. The van der Waals surface area contributed by atoms with Gasteiger partial charge in [0.2, 0.25) is 5.91 Å². The minimum Gasteiger partial charge on any atom is -0.497 e. The number of nitrogens with zero attached hydrogens (tertiary/aromatic N) is 2. The first-order valence-electron chi connectivity index (χ1n) is 9.63. The van der Waals surface area contributed by atoms with E-state index in [1.54, 1.807) is 18.4 Å². The summed E-state index contributed by atoms with van der Waals surface area (Å²) in [6.45, 7) is 1.53. The molecule has 1 spiro atoms. The Morgan fingerprint density at radius 2 is 2.07 bits per heavy atom. The summed E-state index contributed by atoms with van der Waals surface area (Å²) in [5.74, 6) is 1.08. The van der Waals surface area contributed by atoms with Crippen LogP contribution < -0.4 is 10.1 Å². The topological polar surface area (TPSA) is 46.5 Å². The molecule has 2 aliphatic rings. The summed E-state index contributed by atoms with van der Waals surface area (Å²) < 4.78 is 7.69. The van der Waals surface area contributed by atoms with Gasteiger partial charge in [0.05, 0.1) is 30.4 Å². The quantitative estimate of drug-likeness (QED) is 0.731. The molecule has 1 fully saturated rings. The monoisotopic (exact) mass is 393 g/mol. The van der Waals surface area contributed by atoms with Crippen molar-refractivity contribution in [2.45, 2.75) is 24.8 Å². The summed E-state index contributed by atoms with van der Waals surface area (Å²) in [5.41, 5.74) is 3.35. The molecule has 1 amide bonds. The van der Waals surface area contributed by atoms with Gasteiger partial charge >= 0.3 is 0 Å². The van der Waals surface area contributed by atoms with Crippen LogP contribution in [0.25, 0.3) is 5.69 Å². The number of carbonyl (C=O) groups is 1. The van der Waals surface area contributed by atoms with Gasteiger partial charge in [0.25, 0.3) is 0 Å². The molecule has 4 heterocycles. The first-order chi connectivity index (χ1) is 13.7. The van der Waals surface area contributed by atoms with E-state index in [4.69, 9.17) is 4.74 Å². The van der Waals surface area contributed by atoms with E-state index in [2.05, 4.69) is 40.3 Å². The zero-order valence-electron chi connectivity index (χ0n) is 15.9. The van der Waals surface area contributed by atoms with E-state index in [-0.39, 0.29) is 11.4 Å². The predicted molar refractivity (Wildman–Crippen MR) is 111 cm³/mol. The molecule has 1 saturated heterocycles. The molecule has 0 atom stereocenters. The van der Waals surface area contributed by atoms with E-state index in [0.717, 1.165) is 47.9 Å².